The van der Waals surface area contributed by atoms with E-state index in [1.807, 2.05) is 37.3 Å². The van der Waals surface area contributed by atoms with E-state index in [1.54, 1.807) is 55.1 Å². The lowest BCUT2D eigenvalue weighted by molar-refractivity contribution is -0.172. The molecule has 2 aliphatic rings. The quantitative estimate of drug-likeness (QED) is 0.435. The van der Waals surface area contributed by atoms with Crippen LogP contribution in [0, 0.1) is 0 Å². The Morgan fingerprint density at radius 1 is 1.03 bits per heavy atom. The van der Waals surface area contributed by atoms with E-state index in [4.69, 9.17) is 32.7 Å². The second kappa shape index (κ2) is 9.70. The number of amides is 1. The van der Waals surface area contributed by atoms with Gasteiger partial charge in [-0.2, -0.15) is 0 Å². The van der Waals surface area contributed by atoms with Crippen molar-refractivity contribution in [2.75, 3.05) is 13.2 Å². The summed E-state index contributed by atoms with van der Waals surface area (Å²) < 4.78 is 12.3. The average molecular weight is 542 g/mol. The number of benzene rings is 3. The summed E-state index contributed by atoms with van der Waals surface area (Å²) in [6, 6.07) is 19.4. The Labute approximate surface area is 226 Å². The van der Waals surface area contributed by atoms with Crippen LogP contribution >= 0.6 is 23.2 Å². The van der Waals surface area contributed by atoms with Crippen LogP contribution in [0.4, 0.5) is 0 Å². The maximum Gasteiger partial charge on any atom is 0.257 e. The predicted octanol–water partition coefficient (Wildman–Crippen LogP) is 5.42. The number of hydrogen-bond donors (Lipinski definition) is 2. The van der Waals surface area contributed by atoms with E-state index in [-0.39, 0.29) is 19.1 Å². The molecule has 2 N–H and O–H groups in total. The lowest BCUT2D eigenvalue weighted by Crippen LogP contribution is -2.51. The lowest BCUT2D eigenvalue weighted by atomic mass is 9.88. The van der Waals surface area contributed by atoms with Gasteiger partial charge < -0.3 is 19.7 Å². The number of carbonyl (C=O) groups excluding carboxylic acids is 1. The van der Waals surface area contributed by atoms with Crippen LogP contribution in [0.5, 0.6) is 0 Å². The maximum atomic E-state index is 14.3. The van der Waals surface area contributed by atoms with Crippen molar-refractivity contribution in [3.8, 4) is 0 Å². The Bertz CT molecular complexity index is 1310. The molecule has 8 heteroatoms. The van der Waals surface area contributed by atoms with E-state index in [9.17, 15) is 15.0 Å². The lowest BCUT2D eigenvalue weighted by Gasteiger charge is -2.44. The van der Waals surface area contributed by atoms with E-state index in [0.717, 1.165) is 5.56 Å². The number of aliphatic hydroxyl groups excluding tert-OH is 1. The number of halogens is 2. The third kappa shape index (κ3) is 4.56. The highest BCUT2D eigenvalue weighted by atomic mass is 35.5. The normalized spacial score (nSPS) is 24.4. The fourth-order valence-electron chi connectivity index (χ4n) is 5.15. The summed E-state index contributed by atoms with van der Waals surface area (Å²) >= 11 is 12.4. The standard InChI is InChI=1S/C29H29Cl2NO5/c1-17(18-4-9-21(30)10-5-18)32-27(34)23-14-20(28(2,3)35)8-13-24(23)29(32,19-6-11-22(31)12-7-19)37-26-16-36-15-25(26)33/h4-14,17,25-26,33,35H,15-16H2,1-3H3/t17-,25+,26+,29+/m0/s1. The van der Waals surface area contributed by atoms with E-state index in [0.29, 0.717) is 32.3 Å². The average Bonchev–Trinajstić information content (AvgIpc) is 3.37. The number of fused-ring (bicyclic) bond motifs is 1. The molecule has 3 aromatic rings. The predicted molar refractivity (Wildman–Crippen MR) is 142 cm³/mol. The van der Waals surface area contributed by atoms with E-state index < -0.39 is 29.6 Å². The van der Waals surface area contributed by atoms with Gasteiger partial charge in [0.05, 0.1) is 24.9 Å². The molecule has 2 heterocycles. The number of hydrogen-bond acceptors (Lipinski definition) is 5. The monoisotopic (exact) mass is 541 g/mol. The van der Waals surface area contributed by atoms with Crippen molar-refractivity contribution in [3.63, 3.8) is 0 Å². The Balaban J connectivity index is 1.77. The van der Waals surface area contributed by atoms with Crippen LogP contribution in [-0.4, -0.2) is 46.4 Å². The minimum absolute atomic E-state index is 0.145. The zero-order valence-electron chi connectivity index (χ0n) is 20.8. The SMILES string of the molecule is C[C@@H](c1ccc(Cl)cc1)N1C(=O)c2cc(C(C)(C)O)ccc2[C@]1(O[C@@H]1COC[C@H]1O)c1ccc(Cl)cc1. The molecule has 4 atom stereocenters. The molecule has 0 aliphatic carbocycles. The van der Waals surface area contributed by atoms with E-state index >= 15 is 0 Å². The Morgan fingerprint density at radius 3 is 2.22 bits per heavy atom. The van der Waals surface area contributed by atoms with Gasteiger partial charge in [-0.3, -0.25) is 9.69 Å². The summed E-state index contributed by atoms with van der Waals surface area (Å²) in [5, 5.41) is 22.5. The molecule has 3 aromatic carbocycles. The molecular formula is C29H29Cl2NO5. The molecular weight excluding hydrogens is 513 g/mol. The number of carbonyl (C=O) groups is 1. The molecule has 0 aromatic heterocycles. The fourth-order valence-corrected chi connectivity index (χ4v) is 5.40. The third-order valence-electron chi connectivity index (χ3n) is 7.18. The van der Waals surface area contributed by atoms with Crippen LogP contribution in [0.15, 0.2) is 66.7 Å². The molecule has 0 unspecified atom stereocenters. The van der Waals surface area contributed by atoms with Crippen LogP contribution in [0.25, 0.3) is 0 Å². The molecule has 1 saturated heterocycles. The summed E-state index contributed by atoms with van der Waals surface area (Å²) in [6.07, 6.45) is -1.53. The topological polar surface area (TPSA) is 79.2 Å². The van der Waals surface area contributed by atoms with Gasteiger partial charge in [0.1, 0.15) is 12.2 Å². The molecule has 1 amide bonds. The van der Waals surface area contributed by atoms with Gasteiger partial charge in [-0.15, -0.1) is 0 Å². The van der Waals surface area contributed by atoms with Crippen molar-refractivity contribution >= 4 is 29.1 Å². The highest BCUT2D eigenvalue weighted by molar-refractivity contribution is 6.30. The first-order chi connectivity index (χ1) is 17.5. The van der Waals surface area contributed by atoms with Crippen LogP contribution in [0.2, 0.25) is 10.0 Å². The van der Waals surface area contributed by atoms with Gasteiger partial charge in [0.25, 0.3) is 5.91 Å². The molecule has 37 heavy (non-hydrogen) atoms. The molecule has 194 valence electrons. The second-order valence-electron chi connectivity index (χ2n) is 10.1. The summed E-state index contributed by atoms with van der Waals surface area (Å²) in [4.78, 5) is 16.0. The molecule has 0 saturated carbocycles. The number of ether oxygens (including phenoxy) is 2. The van der Waals surface area contributed by atoms with E-state index in [1.165, 1.54) is 0 Å². The Kier molecular flexibility index (Phi) is 6.86. The summed E-state index contributed by atoms with van der Waals surface area (Å²) in [6.45, 7) is 5.62. The van der Waals surface area contributed by atoms with Crippen molar-refractivity contribution < 1.29 is 24.5 Å². The van der Waals surface area contributed by atoms with Crippen molar-refractivity contribution in [2.24, 2.45) is 0 Å². The van der Waals surface area contributed by atoms with Gasteiger partial charge in [-0.25, -0.2) is 0 Å². The minimum Gasteiger partial charge on any atom is -0.388 e. The van der Waals surface area contributed by atoms with Gasteiger partial charge in [0, 0.05) is 26.7 Å². The molecule has 1 fully saturated rings. The van der Waals surface area contributed by atoms with Gasteiger partial charge in [-0.1, -0.05) is 59.6 Å². The van der Waals surface area contributed by atoms with Gasteiger partial charge in [-0.05, 0) is 62.2 Å². The Morgan fingerprint density at radius 2 is 1.65 bits per heavy atom. The fraction of sp³-hybridized carbons (Fsp3) is 0.345. The second-order valence-corrected chi connectivity index (χ2v) is 11.0. The van der Waals surface area contributed by atoms with Gasteiger partial charge in [0.2, 0.25) is 0 Å². The highest BCUT2D eigenvalue weighted by Gasteiger charge is 2.56. The smallest absolute Gasteiger partial charge is 0.257 e. The van der Waals surface area contributed by atoms with Crippen LogP contribution in [-0.2, 0) is 20.8 Å². The summed E-state index contributed by atoms with van der Waals surface area (Å²) in [7, 11) is 0. The van der Waals surface area contributed by atoms with Crippen molar-refractivity contribution in [1.29, 1.82) is 0 Å². The third-order valence-corrected chi connectivity index (χ3v) is 7.68. The molecule has 0 spiro atoms. The molecule has 0 bridgehead atoms. The first-order valence-electron chi connectivity index (χ1n) is 12.2. The van der Waals surface area contributed by atoms with Crippen molar-refractivity contribution in [2.45, 2.75) is 50.3 Å². The molecule has 5 rings (SSSR count). The first kappa shape index (κ1) is 26.2. The highest BCUT2D eigenvalue weighted by Crippen LogP contribution is 2.51. The molecule has 6 nitrogen and oxygen atoms in total. The molecule has 2 aliphatic heterocycles. The van der Waals surface area contributed by atoms with Gasteiger partial charge >= 0.3 is 0 Å². The van der Waals surface area contributed by atoms with Crippen LogP contribution < -0.4 is 0 Å². The Hall–Kier alpha value is -2.45. The van der Waals surface area contributed by atoms with Crippen LogP contribution in [0.1, 0.15) is 59.4 Å². The van der Waals surface area contributed by atoms with Crippen molar-refractivity contribution in [1.82, 2.24) is 4.90 Å². The summed E-state index contributed by atoms with van der Waals surface area (Å²) in [5.74, 6) is -0.257. The number of rotatable bonds is 6. The van der Waals surface area contributed by atoms with E-state index in [2.05, 4.69) is 0 Å². The molecule has 0 radical (unpaired) electrons. The zero-order chi connectivity index (χ0) is 26.5. The minimum atomic E-state index is -1.40. The number of nitrogens with zero attached hydrogens (tertiary/aromatic N) is 1. The largest absolute Gasteiger partial charge is 0.388 e. The first-order valence-corrected chi connectivity index (χ1v) is 12.9. The van der Waals surface area contributed by atoms with Gasteiger partial charge in [0.15, 0.2) is 5.72 Å². The number of aliphatic hydroxyl groups is 2. The zero-order valence-corrected chi connectivity index (χ0v) is 22.3. The summed E-state index contributed by atoms with van der Waals surface area (Å²) in [5.41, 5.74) is 0.641. The van der Waals surface area contributed by atoms with Crippen molar-refractivity contribution in [3.05, 3.63) is 105 Å². The maximum absolute atomic E-state index is 14.3. The van der Waals surface area contributed by atoms with Crippen LogP contribution in [0.3, 0.4) is 0 Å².